The van der Waals surface area contributed by atoms with Crippen LogP contribution in [0.1, 0.15) is 43.1 Å². The lowest BCUT2D eigenvalue weighted by Gasteiger charge is -2.34. The maximum atomic E-state index is 12.6. The predicted octanol–water partition coefficient (Wildman–Crippen LogP) is 0.0963. The molecule has 1 unspecified atom stereocenters. The predicted molar refractivity (Wildman–Crippen MR) is 74.6 cm³/mol. The molecule has 1 aromatic heterocycles. The van der Waals surface area contributed by atoms with Gasteiger partial charge in [0.15, 0.2) is 5.69 Å². The van der Waals surface area contributed by atoms with E-state index in [1.807, 2.05) is 6.92 Å². The normalized spacial score (nSPS) is 21.7. The summed E-state index contributed by atoms with van der Waals surface area (Å²) < 4.78 is 1.49. The summed E-state index contributed by atoms with van der Waals surface area (Å²) in [6.45, 7) is 3.23. The van der Waals surface area contributed by atoms with E-state index in [1.165, 1.54) is 15.8 Å². The van der Waals surface area contributed by atoms with Gasteiger partial charge >= 0.3 is 5.97 Å². The summed E-state index contributed by atoms with van der Waals surface area (Å²) in [4.78, 5) is 25.7. The molecular formula is C13H21N5O3. The molecule has 3 N–H and O–H groups in total. The smallest absolute Gasteiger partial charge is 0.329 e. The SMILES string of the molecule is CCCC1(C(=O)O)CCCN1C(=O)c1cn(CCN)nn1. The molecule has 0 radical (unpaired) electrons. The molecule has 0 bridgehead atoms. The highest BCUT2D eigenvalue weighted by molar-refractivity contribution is 5.96. The first-order valence-corrected chi connectivity index (χ1v) is 7.20. The molecule has 2 rings (SSSR count). The van der Waals surface area contributed by atoms with E-state index in [9.17, 15) is 14.7 Å². The van der Waals surface area contributed by atoms with Gasteiger partial charge in [0.2, 0.25) is 0 Å². The van der Waals surface area contributed by atoms with Crippen molar-refractivity contribution in [3.05, 3.63) is 11.9 Å². The molecule has 2 heterocycles. The summed E-state index contributed by atoms with van der Waals surface area (Å²) >= 11 is 0. The Morgan fingerprint density at radius 2 is 2.29 bits per heavy atom. The minimum atomic E-state index is -1.11. The van der Waals surface area contributed by atoms with Crippen LogP contribution >= 0.6 is 0 Å². The van der Waals surface area contributed by atoms with E-state index in [-0.39, 0.29) is 11.6 Å². The minimum absolute atomic E-state index is 0.173. The minimum Gasteiger partial charge on any atom is -0.479 e. The molecule has 0 aromatic carbocycles. The molecule has 1 saturated heterocycles. The number of carbonyl (C=O) groups is 2. The third kappa shape index (κ3) is 2.76. The van der Waals surface area contributed by atoms with Crippen molar-refractivity contribution in [1.29, 1.82) is 0 Å². The quantitative estimate of drug-likeness (QED) is 0.769. The molecule has 116 valence electrons. The molecule has 21 heavy (non-hydrogen) atoms. The van der Waals surface area contributed by atoms with Crippen LogP contribution in [-0.2, 0) is 11.3 Å². The van der Waals surface area contributed by atoms with E-state index in [2.05, 4.69) is 10.3 Å². The Kier molecular flexibility index (Phi) is 4.56. The van der Waals surface area contributed by atoms with E-state index in [1.54, 1.807) is 0 Å². The van der Waals surface area contributed by atoms with Crippen LogP contribution in [0.2, 0.25) is 0 Å². The Bertz CT molecular complexity index is 530. The monoisotopic (exact) mass is 295 g/mol. The molecule has 0 spiro atoms. The van der Waals surface area contributed by atoms with Gasteiger partial charge in [-0.1, -0.05) is 18.6 Å². The van der Waals surface area contributed by atoms with Gasteiger partial charge in [0, 0.05) is 13.1 Å². The van der Waals surface area contributed by atoms with E-state index in [0.29, 0.717) is 45.3 Å². The van der Waals surface area contributed by atoms with Crippen LogP contribution in [0, 0.1) is 0 Å². The molecule has 1 amide bonds. The van der Waals surface area contributed by atoms with Gasteiger partial charge in [0.1, 0.15) is 5.54 Å². The second-order valence-electron chi connectivity index (χ2n) is 5.30. The van der Waals surface area contributed by atoms with Gasteiger partial charge in [-0.3, -0.25) is 9.48 Å². The number of nitrogens with two attached hydrogens (primary N) is 1. The number of carboxylic acids is 1. The van der Waals surface area contributed by atoms with Crippen molar-refractivity contribution in [3.8, 4) is 0 Å². The van der Waals surface area contributed by atoms with Crippen molar-refractivity contribution in [1.82, 2.24) is 19.9 Å². The Morgan fingerprint density at radius 1 is 1.52 bits per heavy atom. The number of hydrogen-bond donors (Lipinski definition) is 2. The van der Waals surface area contributed by atoms with Crippen molar-refractivity contribution < 1.29 is 14.7 Å². The molecule has 0 aliphatic carbocycles. The third-order valence-corrected chi connectivity index (χ3v) is 3.91. The van der Waals surface area contributed by atoms with Crippen molar-refractivity contribution >= 4 is 11.9 Å². The van der Waals surface area contributed by atoms with Crippen LogP contribution in [0.4, 0.5) is 0 Å². The summed E-state index contributed by atoms with van der Waals surface area (Å²) in [6.07, 6.45) is 3.85. The van der Waals surface area contributed by atoms with Crippen LogP contribution in [0.25, 0.3) is 0 Å². The molecular weight excluding hydrogens is 274 g/mol. The summed E-state index contributed by atoms with van der Waals surface area (Å²) in [5.41, 5.74) is 4.49. The van der Waals surface area contributed by atoms with Crippen LogP contribution in [0.3, 0.4) is 0 Å². The number of nitrogens with zero attached hydrogens (tertiary/aromatic N) is 4. The van der Waals surface area contributed by atoms with E-state index in [4.69, 9.17) is 5.73 Å². The summed E-state index contributed by atoms with van der Waals surface area (Å²) in [7, 11) is 0. The highest BCUT2D eigenvalue weighted by atomic mass is 16.4. The largest absolute Gasteiger partial charge is 0.479 e. The molecule has 0 saturated carbocycles. The first kappa shape index (κ1) is 15.4. The van der Waals surface area contributed by atoms with Crippen LogP contribution in [-0.4, -0.2) is 55.5 Å². The number of likely N-dealkylation sites (tertiary alicyclic amines) is 1. The molecule has 1 aliphatic heterocycles. The van der Waals surface area contributed by atoms with Gasteiger partial charge < -0.3 is 15.7 Å². The zero-order chi connectivity index (χ0) is 15.5. The van der Waals surface area contributed by atoms with Gasteiger partial charge in [-0.2, -0.15) is 0 Å². The van der Waals surface area contributed by atoms with E-state index >= 15 is 0 Å². The molecule has 1 atom stereocenters. The number of carbonyl (C=O) groups excluding carboxylic acids is 1. The van der Waals surface area contributed by atoms with Crippen molar-refractivity contribution in [2.75, 3.05) is 13.1 Å². The molecule has 8 heteroatoms. The van der Waals surface area contributed by atoms with Crippen molar-refractivity contribution in [2.24, 2.45) is 5.73 Å². The average molecular weight is 295 g/mol. The highest BCUT2D eigenvalue weighted by Crippen LogP contribution is 2.34. The van der Waals surface area contributed by atoms with Gasteiger partial charge in [-0.05, 0) is 19.3 Å². The summed E-state index contributed by atoms with van der Waals surface area (Å²) in [5.74, 6) is -1.31. The molecule has 8 nitrogen and oxygen atoms in total. The van der Waals surface area contributed by atoms with Crippen molar-refractivity contribution in [2.45, 2.75) is 44.7 Å². The van der Waals surface area contributed by atoms with Gasteiger partial charge in [0.05, 0.1) is 12.7 Å². The maximum absolute atomic E-state index is 12.6. The standard InChI is InChI=1S/C13H21N5O3/c1-2-4-13(12(20)21)5-3-7-18(13)11(19)10-9-17(8-6-14)16-15-10/h9H,2-8,14H2,1H3,(H,20,21). The van der Waals surface area contributed by atoms with Crippen LogP contribution in [0.5, 0.6) is 0 Å². The zero-order valence-electron chi connectivity index (χ0n) is 12.2. The number of hydrogen-bond acceptors (Lipinski definition) is 5. The lowest BCUT2D eigenvalue weighted by atomic mass is 9.90. The summed E-state index contributed by atoms with van der Waals surface area (Å²) in [5, 5.41) is 17.3. The topological polar surface area (TPSA) is 114 Å². The number of aliphatic carboxylic acids is 1. The number of aromatic nitrogens is 3. The van der Waals surface area contributed by atoms with E-state index < -0.39 is 11.5 Å². The van der Waals surface area contributed by atoms with Gasteiger partial charge in [-0.15, -0.1) is 5.10 Å². The van der Waals surface area contributed by atoms with Crippen LogP contribution < -0.4 is 5.73 Å². The molecule has 1 aromatic rings. The lowest BCUT2D eigenvalue weighted by Crippen LogP contribution is -2.53. The van der Waals surface area contributed by atoms with Gasteiger partial charge in [0.25, 0.3) is 5.91 Å². The Labute approximate surface area is 122 Å². The number of rotatable bonds is 6. The second-order valence-corrected chi connectivity index (χ2v) is 5.30. The Hall–Kier alpha value is -1.96. The molecule has 1 aliphatic rings. The molecule has 1 fully saturated rings. The number of amides is 1. The van der Waals surface area contributed by atoms with Gasteiger partial charge in [-0.25, -0.2) is 4.79 Å². The number of carboxylic acid groups (broad SMARTS) is 1. The Morgan fingerprint density at radius 3 is 2.90 bits per heavy atom. The summed E-state index contributed by atoms with van der Waals surface area (Å²) in [6, 6.07) is 0. The van der Waals surface area contributed by atoms with Crippen molar-refractivity contribution in [3.63, 3.8) is 0 Å². The maximum Gasteiger partial charge on any atom is 0.329 e. The third-order valence-electron chi connectivity index (χ3n) is 3.91. The fraction of sp³-hybridized carbons (Fsp3) is 0.692. The average Bonchev–Trinajstić information content (AvgIpc) is 3.06. The highest BCUT2D eigenvalue weighted by Gasteiger charge is 2.49. The van der Waals surface area contributed by atoms with E-state index in [0.717, 1.165) is 0 Å². The Balaban J connectivity index is 2.25. The second kappa shape index (κ2) is 6.21. The first-order valence-electron chi connectivity index (χ1n) is 7.20. The zero-order valence-corrected chi connectivity index (χ0v) is 12.2. The van der Waals surface area contributed by atoms with Crippen LogP contribution in [0.15, 0.2) is 6.20 Å². The fourth-order valence-corrected chi connectivity index (χ4v) is 2.95. The lowest BCUT2D eigenvalue weighted by molar-refractivity contribution is -0.148. The first-order chi connectivity index (χ1) is 10.0. The fourth-order valence-electron chi connectivity index (χ4n) is 2.95.